The number of rotatable bonds is 14. The molecule has 0 fully saturated rings. The second-order valence-corrected chi connectivity index (χ2v) is 30.8. The van der Waals surface area contributed by atoms with Crippen LogP contribution < -0.4 is 52.4 Å². The van der Waals surface area contributed by atoms with E-state index >= 15 is 0 Å². The fraction of sp³-hybridized carbons (Fsp3) is 0. The number of para-hydroxylation sites is 3. The molecule has 0 amide bonds. The van der Waals surface area contributed by atoms with Gasteiger partial charge in [0.15, 0.2) is 0 Å². The molecule has 514 valence electrons. The molecule has 0 saturated heterocycles. The molecule has 4 aliphatic heterocycles. The van der Waals surface area contributed by atoms with E-state index in [1.54, 1.807) is 0 Å². The van der Waals surface area contributed by atoms with Crippen LogP contribution in [0.4, 0.5) is 68.2 Å². The molecule has 4 heterocycles. The Morgan fingerprint density at radius 3 is 0.982 bits per heavy atom. The first kappa shape index (κ1) is 65.1. The molecule has 0 spiro atoms. The van der Waals surface area contributed by atoms with E-state index in [1.165, 1.54) is 103 Å². The highest BCUT2D eigenvalue weighted by atomic mass is 32.2. The summed E-state index contributed by atoms with van der Waals surface area (Å²) in [5.41, 5.74) is 35.0. The van der Waals surface area contributed by atoms with Crippen LogP contribution in [0, 0.1) is 0 Å². The fourth-order valence-electron chi connectivity index (χ4n) is 17.3. The SMILES string of the molecule is c1ccc(-c2ccc(N(c3ccc(-c4ccccc4)cc3)c3cc4c5c(c3)N(c3ccccc3)c3ccccc3B5c3cc5c(cc3S4)N(c3c(-c4ccccc4)cccc3-c3ccccc3)c3cc(N(c4ccc(-c6ccccc6)cc4)c4ccc(-c6ccccc6)cc4)cc4c3B5c3ccccc3S4)cc2)cc1. The molecule has 0 bridgehead atoms. The molecule has 0 saturated carbocycles. The molecule has 0 aliphatic carbocycles. The lowest BCUT2D eigenvalue weighted by Crippen LogP contribution is -2.64. The smallest absolute Gasteiger partial charge is 0.249 e. The highest BCUT2D eigenvalue weighted by Crippen LogP contribution is 2.54. The molecule has 17 aromatic carbocycles. The molecule has 110 heavy (non-hydrogen) atoms. The van der Waals surface area contributed by atoms with Crippen molar-refractivity contribution in [1.29, 1.82) is 0 Å². The van der Waals surface area contributed by atoms with E-state index < -0.39 is 0 Å². The van der Waals surface area contributed by atoms with Gasteiger partial charge in [0, 0.05) is 93.3 Å². The van der Waals surface area contributed by atoms with Crippen LogP contribution in [0.3, 0.4) is 0 Å². The van der Waals surface area contributed by atoms with E-state index in [1.807, 2.05) is 23.5 Å². The lowest BCUT2D eigenvalue weighted by atomic mass is 9.31. The first-order chi connectivity index (χ1) is 54.6. The van der Waals surface area contributed by atoms with Gasteiger partial charge in [0.25, 0.3) is 0 Å². The number of nitrogens with zero attached hydrogens (tertiary/aromatic N) is 4. The largest absolute Gasteiger partial charge is 0.311 e. The lowest BCUT2D eigenvalue weighted by molar-refractivity contribution is 1.22. The van der Waals surface area contributed by atoms with Crippen molar-refractivity contribution in [3.63, 3.8) is 0 Å². The first-order valence-corrected chi connectivity index (χ1v) is 39.4. The van der Waals surface area contributed by atoms with Gasteiger partial charge in [0.2, 0.25) is 13.4 Å². The average Bonchev–Trinajstić information content (AvgIpc) is 0.689. The van der Waals surface area contributed by atoms with E-state index in [4.69, 9.17) is 0 Å². The summed E-state index contributed by atoms with van der Waals surface area (Å²) >= 11 is 3.82. The Morgan fingerprint density at radius 1 is 0.200 bits per heavy atom. The van der Waals surface area contributed by atoms with Crippen LogP contribution in [0.25, 0.3) is 66.8 Å². The van der Waals surface area contributed by atoms with Crippen molar-refractivity contribution in [2.45, 2.75) is 19.6 Å². The Bertz CT molecular complexity index is 6100. The molecular weight excluding hydrogens is 1370 g/mol. The number of hydrogen-bond acceptors (Lipinski definition) is 6. The summed E-state index contributed by atoms with van der Waals surface area (Å²) in [4.78, 5) is 15.1. The maximum Gasteiger partial charge on any atom is 0.249 e. The molecule has 4 aliphatic rings. The number of anilines is 12. The molecular formula is C102H68B2N4S2. The van der Waals surface area contributed by atoms with Gasteiger partial charge < -0.3 is 19.6 Å². The van der Waals surface area contributed by atoms with Crippen molar-refractivity contribution in [2.24, 2.45) is 0 Å². The van der Waals surface area contributed by atoms with E-state index in [9.17, 15) is 0 Å². The molecule has 8 heteroatoms. The highest BCUT2D eigenvalue weighted by Gasteiger charge is 2.47. The van der Waals surface area contributed by atoms with Gasteiger partial charge in [-0.2, -0.15) is 0 Å². The van der Waals surface area contributed by atoms with Crippen LogP contribution in [0.5, 0.6) is 0 Å². The number of benzene rings is 17. The molecule has 0 atom stereocenters. The lowest BCUT2D eigenvalue weighted by Gasteiger charge is -2.44. The van der Waals surface area contributed by atoms with Crippen LogP contribution in [0.1, 0.15) is 0 Å². The predicted octanol–water partition coefficient (Wildman–Crippen LogP) is 24.2. The summed E-state index contributed by atoms with van der Waals surface area (Å²) in [6.07, 6.45) is 0. The summed E-state index contributed by atoms with van der Waals surface area (Å²) in [5, 5.41) is 0. The summed E-state index contributed by atoms with van der Waals surface area (Å²) < 4.78 is 0. The average molecular weight is 1440 g/mol. The zero-order chi connectivity index (χ0) is 72.6. The van der Waals surface area contributed by atoms with E-state index in [-0.39, 0.29) is 13.4 Å². The molecule has 0 N–H and O–H groups in total. The standard InChI is InChI=1S/C102H68B2N4S2/c1-8-27-69(28-9-1)73-47-55-80(56-48-73)105(81-57-49-74(50-58-81)70-29-10-2-11-30-70)84-63-94-100-99(66-84)110-97-68-93-90(67-91(97)103(100)88-43-22-24-45-92(88)107(94)79-39-20-7-21-40-79)104-89-44-23-25-46-96(89)109-98-65-85(64-95(101(98)104)108(93)102-86(77-35-16-5-17-36-77)41-26-42-87(102)78-37-18-6-19-38-78)106(82-59-51-75(52-60-82)71-31-12-3-13-32-71)83-61-53-76(54-62-83)72-33-14-4-15-34-72/h1-68H. The summed E-state index contributed by atoms with van der Waals surface area (Å²) in [7, 11) is 0. The Morgan fingerprint density at radius 2 is 0.545 bits per heavy atom. The van der Waals surface area contributed by atoms with Gasteiger partial charge in [-0.1, -0.05) is 344 Å². The third-order valence-corrected chi connectivity index (χ3v) is 24.6. The van der Waals surface area contributed by atoms with Crippen LogP contribution in [0.15, 0.2) is 432 Å². The van der Waals surface area contributed by atoms with Gasteiger partial charge >= 0.3 is 0 Å². The topological polar surface area (TPSA) is 13.0 Å². The normalized spacial score (nSPS) is 12.6. The van der Waals surface area contributed by atoms with Crippen LogP contribution in [-0.4, -0.2) is 13.4 Å². The van der Waals surface area contributed by atoms with Crippen molar-refractivity contribution >= 4 is 138 Å². The minimum absolute atomic E-state index is 0.132. The Hall–Kier alpha value is -13.2. The Labute approximate surface area is 651 Å². The molecule has 0 aromatic heterocycles. The second-order valence-electron chi connectivity index (χ2n) is 28.6. The van der Waals surface area contributed by atoms with Crippen LogP contribution in [-0.2, 0) is 0 Å². The number of fused-ring (bicyclic) bond motifs is 8. The third kappa shape index (κ3) is 11.4. The fourth-order valence-corrected chi connectivity index (χ4v) is 19.7. The monoisotopic (exact) mass is 1430 g/mol. The van der Waals surface area contributed by atoms with E-state index in [0.717, 1.165) is 84.8 Å². The van der Waals surface area contributed by atoms with E-state index in [0.29, 0.717) is 0 Å². The summed E-state index contributed by atoms with van der Waals surface area (Å²) in [6.45, 7) is -0.272. The van der Waals surface area contributed by atoms with Gasteiger partial charge in [-0.3, -0.25) is 0 Å². The van der Waals surface area contributed by atoms with Crippen LogP contribution >= 0.6 is 23.5 Å². The zero-order valence-corrected chi connectivity index (χ0v) is 61.7. The zero-order valence-electron chi connectivity index (χ0n) is 60.0. The molecule has 0 radical (unpaired) electrons. The Balaban J connectivity index is 0.823. The van der Waals surface area contributed by atoms with Gasteiger partial charge in [-0.25, -0.2) is 0 Å². The van der Waals surface area contributed by atoms with Crippen molar-refractivity contribution in [2.75, 3.05) is 19.6 Å². The molecule has 17 aromatic rings. The number of hydrogen-bond donors (Lipinski definition) is 0. The minimum Gasteiger partial charge on any atom is -0.311 e. The maximum absolute atomic E-state index is 2.70. The van der Waals surface area contributed by atoms with Crippen molar-refractivity contribution < 1.29 is 0 Å². The van der Waals surface area contributed by atoms with Gasteiger partial charge in [-0.15, -0.1) is 0 Å². The van der Waals surface area contributed by atoms with Crippen LogP contribution in [0.2, 0.25) is 0 Å². The van der Waals surface area contributed by atoms with Gasteiger partial charge in [0.05, 0.1) is 5.69 Å². The van der Waals surface area contributed by atoms with Crippen molar-refractivity contribution in [3.8, 4) is 66.8 Å². The van der Waals surface area contributed by atoms with Gasteiger partial charge in [-0.05, 0) is 181 Å². The Kier molecular flexibility index (Phi) is 16.3. The van der Waals surface area contributed by atoms with E-state index in [2.05, 4.69) is 432 Å². The summed E-state index contributed by atoms with van der Waals surface area (Å²) in [6, 6.07) is 153. The molecule has 0 unspecified atom stereocenters. The van der Waals surface area contributed by atoms with Crippen molar-refractivity contribution in [3.05, 3.63) is 413 Å². The quantitative estimate of drug-likeness (QED) is 0.0999. The predicted molar refractivity (Wildman–Crippen MR) is 468 cm³/mol. The van der Waals surface area contributed by atoms with Gasteiger partial charge in [0.1, 0.15) is 0 Å². The minimum atomic E-state index is -0.140. The van der Waals surface area contributed by atoms with Crippen molar-refractivity contribution in [1.82, 2.24) is 0 Å². The molecule has 4 nitrogen and oxygen atoms in total. The third-order valence-electron chi connectivity index (χ3n) is 22.3. The summed E-state index contributed by atoms with van der Waals surface area (Å²) in [5.74, 6) is 0. The maximum atomic E-state index is 2.70. The molecule has 21 rings (SSSR count). The second kappa shape index (κ2) is 27.5. The first-order valence-electron chi connectivity index (χ1n) is 37.8. The highest BCUT2D eigenvalue weighted by molar-refractivity contribution is 8.00.